The van der Waals surface area contributed by atoms with Gasteiger partial charge in [0, 0.05) is 15.4 Å². The van der Waals surface area contributed by atoms with Gasteiger partial charge >= 0.3 is 0 Å². The van der Waals surface area contributed by atoms with Crippen molar-refractivity contribution in [3.8, 4) is 0 Å². The molecule has 1 N–H and O–H groups in total. The first-order chi connectivity index (χ1) is 8.84. The lowest BCUT2D eigenvalue weighted by atomic mass is 10.1. The highest BCUT2D eigenvalue weighted by Crippen LogP contribution is 2.39. The third-order valence-electron chi connectivity index (χ3n) is 3.17. The predicted octanol–water partition coefficient (Wildman–Crippen LogP) is 4.37. The van der Waals surface area contributed by atoms with Gasteiger partial charge in [0.1, 0.15) is 0 Å². The first-order valence-electron chi connectivity index (χ1n) is 6.01. The molecule has 3 heteroatoms. The summed E-state index contributed by atoms with van der Waals surface area (Å²) in [4.78, 5) is 0. The lowest BCUT2D eigenvalue weighted by Crippen LogP contribution is -2.18. The second-order valence-electron chi connectivity index (χ2n) is 4.36. The fourth-order valence-electron chi connectivity index (χ4n) is 2.22. The van der Waals surface area contributed by atoms with E-state index in [0.29, 0.717) is 11.4 Å². The van der Waals surface area contributed by atoms with Crippen molar-refractivity contribution >= 4 is 34.4 Å². The molecule has 0 saturated carbocycles. The molecule has 0 aliphatic carbocycles. The molecule has 2 aromatic rings. The zero-order chi connectivity index (χ0) is 12.4. The van der Waals surface area contributed by atoms with Gasteiger partial charge in [-0.1, -0.05) is 48.5 Å². The van der Waals surface area contributed by atoms with E-state index in [0.717, 1.165) is 5.75 Å². The Bertz CT molecular complexity index is 529. The van der Waals surface area contributed by atoms with E-state index >= 15 is 0 Å². The van der Waals surface area contributed by atoms with Crippen molar-refractivity contribution in [2.24, 2.45) is 0 Å². The minimum atomic E-state index is 0.420. The van der Waals surface area contributed by atoms with Crippen molar-refractivity contribution in [2.45, 2.75) is 11.4 Å². The summed E-state index contributed by atoms with van der Waals surface area (Å²) in [5.74, 6) is 1.14. The summed E-state index contributed by atoms with van der Waals surface area (Å²) in [7, 11) is 0. The Morgan fingerprint density at radius 3 is 2.50 bits per heavy atom. The molecule has 2 aromatic carbocycles. The van der Waals surface area contributed by atoms with Crippen molar-refractivity contribution in [3.63, 3.8) is 0 Å². The molecule has 0 unspecified atom stereocenters. The van der Waals surface area contributed by atoms with Gasteiger partial charge in [0.15, 0.2) is 0 Å². The van der Waals surface area contributed by atoms with Crippen molar-refractivity contribution in [2.75, 3.05) is 5.75 Å². The van der Waals surface area contributed by atoms with Crippen molar-refractivity contribution in [1.29, 1.82) is 0 Å². The summed E-state index contributed by atoms with van der Waals surface area (Å²) < 4.78 is 1.34. The number of benzene rings is 2. The monoisotopic (exact) mass is 367 g/mol. The average Bonchev–Trinajstić information content (AvgIpc) is 2.90. The van der Waals surface area contributed by atoms with E-state index in [9.17, 15) is 0 Å². The van der Waals surface area contributed by atoms with Gasteiger partial charge in [0.25, 0.3) is 0 Å². The summed E-state index contributed by atoms with van der Waals surface area (Å²) in [6, 6.07) is 19.8. The number of nitrogens with one attached hydrogen (secondary N) is 1. The molecular weight excluding hydrogens is 353 g/mol. The van der Waals surface area contributed by atoms with Crippen LogP contribution >= 0.6 is 34.4 Å². The van der Waals surface area contributed by atoms with Crippen LogP contribution in [0.3, 0.4) is 0 Å². The third kappa shape index (κ3) is 2.58. The molecule has 0 aromatic heterocycles. The molecule has 1 fully saturated rings. The van der Waals surface area contributed by atoms with E-state index in [4.69, 9.17) is 0 Å². The molecule has 1 saturated heterocycles. The van der Waals surface area contributed by atoms with Gasteiger partial charge in [-0.3, -0.25) is 5.32 Å². The molecule has 1 aliphatic rings. The Kier molecular flexibility index (Phi) is 3.91. The minimum Gasteiger partial charge on any atom is -0.294 e. The van der Waals surface area contributed by atoms with Crippen molar-refractivity contribution in [3.05, 3.63) is 69.3 Å². The highest BCUT2D eigenvalue weighted by molar-refractivity contribution is 14.1. The van der Waals surface area contributed by atoms with Crippen LogP contribution in [0, 0.1) is 3.57 Å². The van der Waals surface area contributed by atoms with Gasteiger partial charge in [0.2, 0.25) is 0 Å². The van der Waals surface area contributed by atoms with Gasteiger partial charge in [-0.25, -0.2) is 0 Å². The molecule has 0 amide bonds. The largest absolute Gasteiger partial charge is 0.294 e. The number of hydrogen-bond donors (Lipinski definition) is 1. The summed E-state index contributed by atoms with van der Waals surface area (Å²) in [5, 5.41) is 4.14. The molecule has 0 bridgehead atoms. The fourth-order valence-corrected chi connectivity index (χ4v) is 4.45. The van der Waals surface area contributed by atoms with E-state index in [1.165, 1.54) is 14.7 Å². The maximum Gasteiger partial charge on any atom is 0.0805 e. The topological polar surface area (TPSA) is 12.0 Å². The molecule has 3 rings (SSSR count). The summed E-state index contributed by atoms with van der Waals surface area (Å²) in [6.07, 6.45) is 0. The molecule has 0 radical (unpaired) electrons. The smallest absolute Gasteiger partial charge is 0.0805 e. The van der Waals surface area contributed by atoms with Crippen LogP contribution in [0.2, 0.25) is 0 Å². The molecule has 1 nitrogen and oxygen atoms in total. The van der Waals surface area contributed by atoms with E-state index in [1.807, 2.05) is 11.8 Å². The Labute approximate surface area is 126 Å². The van der Waals surface area contributed by atoms with Crippen LogP contribution in [0.1, 0.15) is 22.5 Å². The van der Waals surface area contributed by atoms with Gasteiger partial charge in [-0.05, 0) is 39.8 Å². The van der Waals surface area contributed by atoms with Crippen LogP contribution in [0.4, 0.5) is 0 Å². The summed E-state index contributed by atoms with van der Waals surface area (Å²) >= 11 is 4.42. The van der Waals surface area contributed by atoms with E-state index in [2.05, 4.69) is 82.5 Å². The van der Waals surface area contributed by atoms with Crippen molar-refractivity contribution in [1.82, 2.24) is 5.32 Å². The van der Waals surface area contributed by atoms with E-state index in [1.54, 1.807) is 0 Å². The van der Waals surface area contributed by atoms with Gasteiger partial charge in [-0.2, -0.15) is 0 Å². The lowest BCUT2D eigenvalue weighted by molar-refractivity contribution is 0.603. The molecule has 92 valence electrons. The van der Waals surface area contributed by atoms with Gasteiger partial charge in [0.05, 0.1) is 5.37 Å². The number of halogens is 1. The zero-order valence-electron chi connectivity index (χ0n) is 9.84. The maximum absolute atomic E-state index is 3.72. The van der Waals surface area contributed by atoms with Crippen LogP contribution in [0.5, 0.6) is 0 Å². The standard InChI is InChI=1S/C15H14INS/c16-13-9-5-4-8-12(13)15-17-14(10-18-15)11-6-2-1-3-7-11/h1-9,14-15,17H,10H2/t14-,15+/m1/s1. The first kappa shape index (κ1) is 12.5. The van der Waals surface area contributed by atoms with Crippen LogP contribution in [0.25, 0.3) is 0 Å². The van der Waals surface area contributed by atoms with Gasteiger partial charge in [-0.15, -0.1) is 11.8 Å². The van der Waals surface area contributed by atoms with Crippen LogP contribution < -0.4 is 5.32 Å². The summed E-state index contributed by atoms with van der Waals surface area (Å²) in [6.45, 7) is 0. The second kappa shape index (κ2) is 5.63. The number of hydrogen-bond acceptors (Lipinski definition) is 2. The Balaban J connectivity index is 1.78. The normalized spacial score (nSPS) is 23.2. The van der Waals surface area contributed by atoms with Crippen molar-refractivity contribution < 1.29 is 0 Å². The molecule has 1 aliphatic heterocycles. The predicted molar refractivity (Wildman–Crippen MR) is 86.7 cm³/mol. The molecule has 18 heavy (non-hydrogen) atoms. The number of thioether (sulfide) groups is 1. The Morgan fingerprint density at radius 2 is 1.72 bits per heavy atom. The lowest BCUT2D eigenvalue weighted by Gasteiger charge is -2.15. The third-order valence-corrected chi connectivity index (χ3v) is 5.40. The molecular formula is C15H14INS. The quantitative estimate of drug-likeness (QED) is 0.792. The average molecular weight is 367 g/mol. The first-order valence-corrected chi connectivity index (χ1v) is 8.14. The highest BCUT2D eigenvalue weighted by atomic mass is 127. The Morgan fingerprint density at radius 1 is 1.00 bits per heavy atom. The SMILES string of the molecule is Ic1ccccc1[C@H]1N[C@@H](c2ccccc2)CS1. The summed E-state index contributed by atoms with van der Waals surface area (Å²) in [5.41, 5.74) is 2.79. The molecule has 0 spiro atoms. The minimum absolute atomic E-state index is 0.420. The fraction of sp³-hybridized carbons (Fsp3) is 0.200. The maximum atomic E-state index is 3.72. The van der Waals surface area contributed by atoms with Gasteiger partial charge < -0.3 is 0 Å². The highest BCUT2D eigenvalue weighted by Gasteiger charge is 2.27. The zero-order valence-corrected chi connectivity index (χ0v) is 12.8. The number of rotatable bonds is 2. The van der Waals surface area contributed by atoms with E-state index in [-0.39, 0.29) is 0 Å². The van der Waals surface area contributed by atoms with Crippen LogP contribution in [0.15, 0.2) is 54.6 Å². The second-order valence-corrected chi connectivity index (χ2v) is 6.67. The van der Waals surface area contributed by atoms with E-state index < -0.39 is 0 Å². The molecule has 1 heterocycles. The van der Waals surface area contributed by atoms with Crippen LogP contribution in [-0.4, -0.2) is 5.75 Å². The molecule has 2 atom stereocenters. The Hall–Kier alpha value is -0.520. The van der Waals surface area contributed by atoms with Crippen LogP contribution in [-0.2, 0) is 0 Å².